The van der Waals surface area contributed by atoms with Gasteiger partial charge in [0.15, 0.2) is 0 Å². The molecule has 1 aliphatic heterocycles. The number of aromatic nitrogens is 2. The molecule has 1 aliphatic rings. The normalized spacial score (nSPS) is 14.9. The number of benzene rings is 1. The Balaban J connectivity index is 1.17. The van der Waals surface area contributed by atoms with Crippen LogP contribution in [-0.4, -0.2) is 48.4 Å². The number of sulfonamides is 1. The number of hydrogen-bond acceptors (Lipinski definition) is 7. The summed E-state index contributed by atoms with van der Waals surface area (Å²) in [6.45, 7) is 1.68. The summed E-state index contributed by atoms with van der Waals surface area (Å²) in [5, 5.41) is 8.88. The molecule has 4 rings (SSSR count). The second-order valence-electron chi connectivity index (χ2n) is 8.04. The Kier molecular flexibility index (Phi) is 7.89. The number of nitrogens with zero attached hydrogens (tertiary/aromatic N) is 3. The summed E-state index contributed by atoms with van der Waals surface area (Å²) in [5.74, 6) is 1.05. The molecule has 1 fully saturated rings. The number of nitrogens with one attached hydrogen (secondary N) is 1. The summed E-state index contributed by atoms with van der Waals surface area (Å²) in [7, 11) is -3.48. The highest BCUT2D eigenvalue weighted by Gasteiger charge is 2.25. The van der Waals surface area contributed by atoms with E-state index in [2.05, 4.69) is 15.5 Å². The molecule has 8 nitrogen and oxygen atoms in total. The average Bonchev–Trinajstić information content (AvgIpc) is 3.54. The summed E-state index contributed by atoms with van der Waals surface area (Å²) in [5.41, 5.74) is 0.458. The molecule has 1 N–H and O–H groups in total. The van der Waals surface area contributed by atoms with Gasteiger partial charge in [-0.2, -0.15) is 9.29 Å². The van der Waals surface area contributed by atoms with Crippen molar-refractivity contribution in [1.29, 1.82) is 0 Å². The zero-order valence-electron chi connectivity index (χ0n) is 18.4. The van der Waals surface area contributed by atoms with Crippen molar-refractivity contribution >= 4 is 27.3 Å². The number of piperidine rings is 1. The van der Waals surface area contributed by atoms with Crippen LogP contribution in [0.5, 0.6) is 0 Å². The van der Waals surface area contributed by atoms with Crippen LogP contribution in [0, 0.1) is 0 Å². The predicted molar refractivity (Wildman–Crippen MR) is 127 cm³/mol. The fourth-order valence-electron chi connectivity index (χ4n) is 3.78. The zero-order chi connectivity index (χ0) is 23.1. The van der Waals surface area contributed by atoms with Gasteiger partial charge in [-0.05, 0) is 61.4 Å². The van der Waals surface area contributed by atoms with Crippen molar-refractivity contribution in [1.82, 2.24) is 19.8 Å². The molecule has 0 unspecified atom stereocenters. The Morgan fingerprint density at radius 1 is 1.06 bits per heavy atom. The molecule has 10 heteroatoms. The van der Waals surface area contributed by atoms with Gasteiger partial charge >= 0.3 is 0 Å². The maximum absolute atomic E-state index is 12.7. The number of thiophene rings is 1. The van der Waals surface area contributed by atoms with Crippen LogP contribution >= 0.6 is 11.3 Å². The molecular weight excluding hydrogens is 460 g/mol. The fourth-order valence-corrected chi connectivity index (χ4v) is 5.94. The van der Waals surface area contributed by atoms with Crippen LogP contribution < -0.4 is 5.32 Å². The number of carbonyl (C=O) groups is 1. The maximum atomic E-state index is 12.7. The van der Waals surface area contributed by atoms with E-state index in [4.69, 9.17) is 4.52 Å². The molecule has 3 aromatic rings. The summed E-state index contributed by atoms with van der Waals surface area (Å²) in [6.07, 6.45) is 6.21. The number of unbranched alkanes of at least 4 members (excludes halogenated alkanes) is 2. The van der Waals surface area contributed by atoms with Gasteiger partial charge in [-0.25, -0.2) is 8.42 Å². The third-order valence-corrected chi connectivity index (χ3v) is 8.41. The van der Waals surface area contributed by atoms with Crippen LogP contribution in [0.4, 0.5) is 0 Å². The Hall–Kier alpha value is -2.56. The molecule has 1 aromatic carbocycles. The number of carbonyl (C=O) groups excluding carboxylic acids is 1. The first kappa shape index (κ1) is 23.6. The van der Waals surface area contributed by atoms with E-state index in [1.807, 2.05) is 17.5 Å². The third-order valence-electron chi connectivity index (χ3n) is 5.63. The minimum atomic E-state index is -3.48. The Bertz CT molecular complexity index is 1140. The molecule has 0 aliphatic carbocycles. The van der Waals surface area contributed by atoms with Gasteiger partial charge in [0.2, 0.25) is 21.7 Å². The second kappa shape index (κ2) is 11.0. The lowest BCUT2D eigenvalue weighted by molar-refractivity contribution is 0.0952. The van der Waals surface area contributed by atoms with Gasteiger partial charge in [0.25, 0.3) is 5.91 Å². The molecule has 0 atom stereocenters. The van der Waals surface area contributed by atoms with Crippen LogP contribution in [0.1, 0.15) is 54.8 Å². The van der Waals surface area contributed by atoms with Crippen molar-refractivity contribution in [3.05, 3.63) is 53.2 Å². The van der Waals surface area contributed by atoms with E-state index in [-0.39, 0.29) is 10.8 Å². The first-order chi connectivity index (χ1) is 16.0. The molecule has 0 radical (unpaired) electrons. The number of amides is 1. The number of rotatable bonds is 10. The largest absolute Gasteiger partial charge is 0.352 e. The van der Waals surface area contributed by atoms with Crippen LogP contribution in [0.2, 0.25) is 0 Å². The summed E-state index contributed by atoms with van der Waals surface area (Å²) in [6, 6.07) is 10.1. The van der Waals surface area contributed by atoms with Crippen molar-refractivity contribution in [3.8, 4) is 10.7 Å². The van der Waals surface area contributed by atoms with Crippen LogP contribution in [0.3, 0.4) is 0 Å². The first-order valence-electron chi connectivity index (χ1n) is 11.3. The molecule has 0 bridgehead atoms. The van der Waals surface area contributed by atoms with E-state index in [9.17, 15) is 13.2 Å². The minimum absolute atomic E-state index is 0.200. The van der Waals surface area contributed by atoms with Crippen LogP contribution in [0.25, 0.3) is 10.7 Å². The Morgan fingerprint density at radius 3 is 2.58 bits per heavy atom. The molecule has 1 saturated heterocycles. The average molecular weight is 489 g/mol. The van der Waals surface area contributed by atoms with Crippen LogP contribution in [0.15, 0.2) is 51.2 Å². The monoisotopic (exact) mass is 488 g/mol. The minimum Gasteiger partial charge on any atom is -0.352 e. The van der Waals surface area contributed by atoms with E-state index < -0.39 is 10.0 Å². The van der Waals surface area contributed by atoms with Crippen molar-refractivity contribution in [2.45, 2.75) is 49.8 Å². The molecule has 176 valence electrons. The predicted octanol–water partition coefficient (Wildman–Crippen LogP) is 4.12. The van der Waals surface area contributed by atoms with Gasteiger partial charge in [-0.1, -0.05) is 24.1 Å². The highest BCUT2D eigenvalue weighted by Crippen LogP contribution is 2.22. The van der Waals surface area contributed by atoms with Gasteiger partial charge in [0, 0.05) is 31.6 Å². The summed E-state index contributed by atoms with van der Waals surface area (Å²) < 4.78 is 32.3. The molecule has 1 amide bonds. The van der Waals surface area contributed by atoms with Crippen molar-refractivity contribution < 1.29 is 17.7 Å². The van der Waals surface area contributed by atoms with Gasteiger partial charge < -0.3 is 9.84 Å². The quantitative estimate of drug-likeness (QED) is 0.431. The molecule has 33 heavy (non-hydrogen) atoms. The molecule has 0 saturated carbocycles. The highest BCUT2D eigenvalue weighted by atomic mass is 32.2. The van der Waals surface area contributed by atoms with Crippen molar-refractivity contribution in [3.63, 3.8) is 0 Å². The number of hydrogen-bond donors (Lipinski definition) is 1. The van der Waals surface area contributed by atoms with E-state index >= 15 is 0 Å². The van der Waals surface area contributed by atoms with Gasteiger partial charge in [0.05, 0.1) is 9.77 Å². The lowest BCUT2D eigenvalue weighted by Gasteiger charge is -2.25. The highest BCUT2D eigenvalue weighted by molar-refractivity contribution is 7.89. The first-order valence-corrected chi connectivity index (χ1v) is 13.6. The molecule has 0 spiro atoms. The standard InChI is InChI=1S/C23H28N4O4S2/c28-23(18-10-12-19(13-11-18)33(29,30)27-15-5-2-6-16-27)24-14-4-1-3-9-21-25-22(26-31-21)20-8-7-17-32-20/h7-8,10-13,17H,1-6,9,14-16H2,(H,24,28). The summed E-state index contributed by atoms with van der Waals surface area (Å²) in [4.78, 5) is 18.0. The lowest BCUT2D eigenvalue weighted by atomic mass is 10.2. The Labute approximate surface area is 198 Å². The maximum Gasteiger partial charge on any atom is 0.251 e. The smallest absolute Gasteiger partial charge is 0.251 e. The third kappa shape index (κ3) is 6.07. The van der Waals surface area contributed by atoms with E-state index in [0.29, 0.717) is 43.3 Å². The van der Waals surface area contributed by atoms with E-state index in [1.54, 1.807) is 23.5 Å². The molecule has 2 aromatic heterocycles. The van der Waals surface area contributed by atoms with Crippen LogP contribution in [-0.2, 0) is 16.4 Å². The molecule has 3 heterocycles. The number of aryl methyl sites for hydroxylation is 1. The Morgan fingerprint density at radius 2 is 1.85 bits per heavy atom. The second-order valence-corrected chi connectivity index (χ2v) is 10.9. The van der Waals surface area contributed by atoms with Gasteiger partial charge in [0.1, 0.15) is 0 Å². The van der Waals surface area contributed by atoms with E-state index in [0.717, 1.165) is 43.4 Å². The SMILES string of the molecule is O=C(NCCCCCc1nc(-c2cccs2)no1)c1ccc(S(=O)(=O)N2CCCCC2)cc1. The van der Waals surface area contributed by atoms with Gasteiger partial charge in [-0.3, -0.25) is 4.79 Å². The van der Waals surface area contributed by atoms with Gasteiger partial charge in [-0.15, -0.1) is 11.3 Å². The fraction of sp³-hybridized carbons (Fsp3) is 0.435. The topological polar surface area (TPSA) is 105 Å². The van der Waals surface area contributed by atoms with Crippen molar-refractivity contribution in [2.24, 2.45) is 0 Å². The van der Waals surface area contributed by atoms with Crippen molar-refractivity contribution in [2.75, 3.05) is 19.6 Å². The zero-order valence-corrected chi connectivity index (χ0v) is 20.0. The lowest BCUT2D eigenvalue weighted by Crippen LogP contribution is -2.35. The molecular formula is C23H28N4O4S2. The summed E-state index contributed by atoms with van der Waals surface area (Å²) >= 11 is 1.58. The van der Waals surface area contributed by atoms with E-state index in [1.165, 1.54) is 16.4 Å².